The number of hydrogen-bond acceptors (Lipinski definition) is 5. The molecule has 6 heteroatoms. The van der Waals surface area contributed by atoms with Crippen LogP contribution in [0, 0.1) is 5.82 Å². The Balaban J connectivity index is 1.53. The van der Waals surface area contributed by atoms with Crippen molar-refractivity contribution in [3.05, 3.63) is 65.7 Å². The minimum atomic E-state index is -0.249. The highest BCUT2D eigenvalue weighted by Gasteiger charge is 2.24. The third kappa shape index (κ3) is 3.93. The fraction of sp³-hybridized carbons (Fsp3) is 0.318. The molecule has 1 aromatic heterocycles. The zero-order valence-corrected chi connectivity index (χ0v) is 16.0. The SMILES string of the molecule is COc1ccc(OC)c(CN2CCO[C@@H](c3cc4cc(F)ccc4cn3)C2)c1. The molecule has 146 valence electrons. The highest BCUT2D eigenvalue weighted by molar-refractivity contribution is 5.82. The van der Waals surface area contributed by atoms with Crippen LogP contribution in [0.4, 0.5) is 4.39 Å². The van der Waals surface area contributed by atoms with Crippen molar-refractivity contribution in [1.29, 1.82) is 0 Å². The van der Waals surface area contributed by atoms with Gasteiger partial charge in [-0.3, -0.25) is 9.88 Å². The molecule has 0 bridgehead atoms. The van der Waals surface area contributed by atoms with Crippen LogP contribution in [-0.4, -0.2) is 43.8 Å². The average molecular weight is 382 g/mol. The molecule has 1 aliphatic rings. The normalized spacial score (nSPS) is 17.6. The van der Waals surface area contributed by atoms with Gasteiger partial charge in [0.15, 0.2) is 0 Å². The Morgan fingerprint density at radius 1 is 1.11 bits per heavy atom. The molecule has 28 heavy (non-hydrogen) atoms. The van der Waals surface area contributed by atoms with Gasteiger partial charge in [-0.1, -0.05) is 0 Å². The molecule has 1 fully saturated rings. The van der Waals surface area contributed by atoms with Crippen molar-refractivity contribution in [3.63, 3.8) is 0 Å². The van der Waals surface area contributed by atoms with E-state index in [9.17, 15) is 4.39 Å². The zero-order chi connectivity index (χ0) is 19.5. The number of ether oxygens (including phenoxy) is 3. The van der Waals surface area contributed by atoms with Gasteiger partial charge in [-0.2, -0.15) is 0 Å². The molecule has 2 aromatic carbocycles. The van der Waals surface area contributed by atoms with Crippen molar-refractivity contribution >= 4 is 10.8 Å². The van der Waals surface area contributed by atoms with Crippen molar-refractivity contribution in [3.8, 4) is 11.5 Å². The van der Waals surface area contributed by atoms with Crippen molar-refractivity contribution in [2.24, 2.45) is 0 Å². The number of benzene rings is 2. The predicted molar refractivity (Wildman–Crippen MR) is 105 cm³/mol. The van der Waals surface area contributed by atoms with Gasteiger partial charge in [0.1, 0.15) is 23.4 Å². The van der Waals surface area contributed by atoms with Gasteiger partial charge in [0.2, 0.25) is 0 Å². The lowest BCUT2D eigenvalue weighted by atomic mass is 10.1. The van der Waals surface area contributed by atoms with Gasteiger partial charge in [0, 0.05) is 36.8 Å². The number of aromatic nitrogens is 1. The van der Waals surface area contributed by atoms with Gasteiger partial charge in [-0.05, 0) is 47.9 Å². The first-order chi connectivity index (χ1) is 13.7. The molecule has 5 nitrogen and oxygen atoms in total. The molecule has 1 aliphatic heterocycles. The second-order valence-electron chi connectivity index (χ2n) is 6.87. The van der Waals surface area contributed by atoms with Crippen molar-refractivity contribution < 1.29 is 18.6 Å². The summed E-state index contributed by atoms with van der Waals surface area (Å²) in [6.07, 6.45) is 1.62. The smallest absolute Gasteiger partial charge is 0.123 e. The molecule has 0 unspecified atom stereocenters. The Labute approximate surface area is 163 Å². The van der Waals surface area contributed by atoms with Gasteiger partial charge in [0.05, 0.1) is 26.5 Å². The number of hydrogen-bond donors (Lipinski definition) is 0. The van der Waals surface area contributed by atoms with Crippen LogP contribution in [0.3, 0.4) is 0 Å². The highest BCUT2D eigenvalue weighted by atomic mass is 19.1. The summed E-state index contributed by atoms with van der Waals surface area (Å²) >= 11 is 0. The summed E-state index contributed by atoms with van der Waals surface area (Å²) in [7, 11) is 3.33. The molecule has 0 radical (unpaired) electrons. The quantitative estimate of drug-likeness (QED) is 0.668. The first-order valence-electron chi connectivity index (χ1n) is 9.26. The molecule has 0 spiro atoms. The number of nitrogens with zero attached hydrogens (tertiary/aromatic N) is 2. The Kier molecular flexibility index (Phi) is 5.41. The molecule has 0 amide bonds. The summed E-state index contributed by atoms with van der Waals surface area (Å²) < 4.78 is 30.4. The predicted octanol–water partition coefficient (Wildman–Crippen LogP) is 3.96. The maximum Gasteiger partial charge on any atom is 0.123 e. The third-order valence-corrected chi connectivity index (χ3v) is 5.07. The van der Waals surface area contributed by atoms with Gasteiger partial charge in [-0.15, -0.1) is 0 Å². The van der Waals surface area contributed by atoms with Crippen LogP contribution in [-0.2, 0) is 11.3 Å². The molecule has 4 rings (SSSR count). The number of halogens is 1. The number of morpholine rings is 1. The number of pyridine rings is 1. The van der Waals surface area contributed by atoms with Crippen LogP contribution in [0.15, 0.2) is 48.7 Å². The van der Waals surface area contributed by atoms with E-state index in [1.807, 2.05) is 24.3 Å². The second kappa shape index (κ2) is 8.12. The summed E-state index contributed by atoms with van der Waals surface area (Å²) in [5.41, 5.74) is 1.89. The van der Waals surface area contributed by atoms with Crippen LogP contribution in [0.1, 0.15) is 17.4 Å². The standard InChI is InChI=1S/C22H23FN2O3/c1-26-19-5-6-21(27-2)17(10-19)13-25-7-8-28-22(14-25)20-11-16-9-18(23)4-3-15(16)12-24-20/h3-6,9-12,22H,7-8,13-14H2,1-2H3/t22-/m1/s1. The first kappa shape index (κ1) is 18.7. The second-order valence-corrected chi connectivity index (χ2v) is 6.87. The molecule has 2 heterocycles. The van der Waals surface area contributed by atoms with E-state index in [0.717, 1.165) is 46.6 Å². The first-order valence-corrected chi connectivity index (χ1v) is 9.26. The van der Waals surface area contributed by atoms with Crippen LogP contribution < -0.4 is 9.47 Å². The lowest BCUT2D eigenvalue weighted by molar-refractivity contribution is -0.0350. The Bertz CT molecular complexity index is 979. The third-order valence-electron chi connectivity index (χ3n) is 5.07. The summed E-state index contributed by atoms with van der Waals surface area (Å²) in [6, 6.07) is 12.4. The molecule has 1 saturated heterocycles. The monoisotopic (exact) mass is 382 g/mol. The maximum absolute atomic E-state index is 13.6. The van der Waals surface area contributed by atoms with Crippen molar-refractivity contribution in [2.45, 2.75) is 12.6 Å². The van der Waals surface area contributed by atoms with Crippen LogP contribution in [0.5, 0.6) is 11.5 Å². The molecule has 0 aliphatic carbocycles. The molecular formula is C22H23FN2O3. The fourth-order valence-corrected chi connectivity index (χ4v) is 3.58. The summed E-state index contributed by atoms with van der Waals surface area (Å²) in [6.45, 7) is 2.86. The minimum Gasteiger partial charge on any atom is -0.497 e. The van der Waals surface area contributed by atoms with E-state index in [4.69, 9.17) is 14.2 Å². The fourth-order valence-electron chi connectivity index (χ4n) is 3.58. The number of methoxy groups -OCH3 is 2. The van der Waals surface area contributed by atoms with E-state index in [-0.39, 0.29) is 11.9 Å². The number of fused-ring (bicyclic) bond motifs is 1. The minimum absolute atomic E-state index is 0.155. The largest absolute Gasteiger partial charge is 0.497 e. The van der Waals surface area contributed by atoms with Gasteiger partial charge in [0.25, 0.3) is 0 Å². The van der Waals surface area contributed by atoms with E-state index in [0.29, 0.717) is 13.2 Å². The summed E-state index contributed by atoms with van der Waals surface area (Å²) in [4.78, 5) is 6.85. The lowest BCUT2D eigenvalue weighted by Gasteiger charge is -2.33. The van der Waals surface area contributed by atoms with E-state index >= 15 is 0 Å². The van der Waals surface area contributed by atoms with E-state index < -0.39 is 0 Å². The lowest BCUT2D eigenvalue weighted by Crippen LogP contribution is -2.38. The Morgan fingerprint density at radius 2 is 2.00 bits per heavy atom. The van der Waals surface area contributed by atoms with E-state index in [1.54, 1.807) is 26.5 Å². The molecular weight excluding hydrogens is 359 g/mol. The van der Waals surface area contributed by atoms with E-state index in [2.05, 4.69) is 9.88 Å². The molecule has 1 atom stereocenters. The summed E-state index contributed by atoms with van der Waals surface area (Å²) in [5.74, 6) is 1.39. The van der Waals surface area contributed by atoms with Gasteiger partial charge < -0.3 is 14.2 Å². The highest BCUT2D eigenvalue weighted by Crippen LogP contribution is 2.29. The molecule has 0 N–H and O–H groups in total. The molecule has 0 saturated carbocycles. The summed E-state index contributed by atoms with van der Waals surface area (Å²) in [5, 5.41) is 1.75. The average Bonchev–Trinajstić information content (AvgIpc) is 2.73. The van der Waals surface area contributed by atoms with Crippen LogP contribution >= 0.6 is 0 Å². The van der Waals surface area contributed by atoms with Gasteiger partial charge >= 0.3 is 0 Å². The Morgan fingerprint density at radius 3 is 2.82 bits per heavy atom. The van der Waals surface area contributed by atoms with Gasteiger partial charge in [-0.25, -0.2) is 4.39 Å². The van der Waals surface area contributed by atoms with E-state index in [1.165, 1.54) is 12.1 Å². The van der Waals surface area contributed by atoms with Crippen LogP contribution in [0.25, 0.3) is 10.8 Å². The topological polar surface area (TPSA) is 43.8 Å². The van der Waals surface area contributed by atoms with Crippen LogP contribution in [0.2, 0.25) is 0 Å². The van der Waals surface area contributed by atoms with Crippen molar-refractivity contribution in [1.82, 2.24) is 9.88 Å². The zero-order valence-electron chi connectivity index (χ0n) is 16.0. The molecule has 3 aromatic rings. The van der Waals surface area contributed by atoms with Crippen molar-refractivity contribution in [2.75, 3.05) is 33.9 Å². The Hall–Kier alpha value is -2.70. The maximum atomic E-state index is 13.6. The number of rotatable bonds is 5.